The van der Waals surface area contributed by atoms with Gasteiger partial charge >= 0.3 is 0 Å². The van der Waals surface area contributed by atoms with Crippen molar-refractivity contribution in [3.63, 3.8) is 0 Å². The van der Waals surface area contributed by atoms with Gasteiger partial charge in [0.15, 0.2) is 11.5 Å². The number of likely N-dealkylation sites (N-methyl/N-ethyl adjacent to an activating group) is 1. The van der Waals surface area contributed by atoms with E-state index in [2.05, 4.69) is 5.32 Å². The van der Waals surface area contributed by atoms with Crippen molar-refractivity contribution in [2.75, 3.05) is 13.7 Å². The Hall–Kier alpha value is -1.42. The van der Waals surface area contributed by atoms with Crippen LogP contribution in [0.4, 0.5) is 0 Å². The third-order valence-electron chi connectivity index (χ3n) is 2.10. The van der Waals surface area contributed by atoms with Crippen molar-refractivity contribution in [3.05, 3.63) is 23.2 Å². The summed E-state index contributed by atoms with van der Waals surface area (Å²) < 4.78 is 10.8. The second kappa shape index (κ2) is 3.98. The first-order valence-corrected chi connectivity index (χ1v) is 4.89. The van der Waals surface area contributed by atoms with E-state index in [4.69, 9.17) is 21.1 Å². The molecule has 1 aliphatic heterocycles. The first-order valence-electron chi connectivity index (χ1n) is 4.51. The van der Waals surface area contributed by atoms with Gasteiger partial charge in [-0.2, -0.15) is 0 Å². The van der Waals surface area contributed by atoms with Crippen molar-refractivity contribution in [2.24, 2.45) is 0 Å². The molecule has 1 aliphatic rings. The van der Waals surface area contributed by atoms with Crippen LogP contribution in [0.2, 0.25) is 5.02 Å². The van der Waals surface area contributed by atoms with Crippen LogP contribution >= 0.6 is 11.6 Å². The van der Waals surface area contributed by atoms with Gasteiger partial charge in [-0.15, -0.1) is 0 Å². The van der Waals surface area contributed by atoms with Gasteiger partial charge in [0.25, 0.3) is 5.91 Å². The summed E-state index contributed by atoms with van der Waals surface area (Å²) in [5, 5.41) is 3.09. The molecule has 80 valence electrons. The monoisotopic (exact) mass is 227 g/mol. The predicted molar refractivity (Wildman–Crippen MR) is 55.4 cm³/mol. The molecule has 2 rings (SSSR count). The average Bonchev–Trinajstić information content (AvgIpc) is 2.27. The van der Waals surface area contributed by atoms with E-state index in [9.17, 15) is 4.79 Å². The molecule has 5 heteroatoms. The summed E-state index contributed by atoms with van der Waals surface area (Å²) in [6, 6.07) is 5.04. The topological polar surface area (TPSA) is 47.6 Å². The molecule has 0 radical (unpaired) electrons. The Kier molecular flexibility index (Phi) is 2.68. The number of amides is 1. The predicted octanol–water partition coefficient (Wildman–Crippen LogP) is 1.23. The summed E-state index contributed by atoms with van der Waals surface area (Å²) in [5.74, 6) is 0.914. The lowest BCUT2D eigenvalue weighted by atomic mass is 10.2. The second-order valence-corrected chi connectivity index (χ2v) is 3.56. The lowest BCUT2D eigenvalue weighted by Crippen LogP contribution is -2.42. The molecule has 4 nitrogen and oxygen atoms in total. The van der Waals surface area contributed by atoms with E-state index in [1.54, 1.807) is 25.2 Å². The lowest BCUT2D eigenvalue weighted by molar-refractivity contribution is -0.129. The van der Waals surface area contributed by atoms with Gasteiger partial charge in [0, 0.05) is 18.1 Å². The Bertz CT molecular complexity index is 394. The zero-order valence-electron chi connectivity index (χ0n) is 8.12. The third kappa shape index (κ3) is 1.99. The summed E-state index contributed by atoms with van der Waals surface area (Å²) in [7, 11) is 1.56. The van der Waals surface area contributed by atoms with Crippen molar-refractivity contribution in [1.29, 1.82) is 0 Å². The zero-order chi connectivity index (χ0) is 10.8. The Morgan fingerprint density at radius 3 is 3.07 bits per heavy atom. The maximum Gasteiger partial charge on any atom is 0.264 e. The van der Waals surface area contributed by atoms with Crippen LogP contribution in [0.25, 0.3) is 0 Å². The number of rotatable bonds is 1. The minimum atomic E-state index is -0.594. The van der Waals surface area contributed by atoms with Crippen molar-refractivity contribution in [3.8, 4) is 11.5 Å². The molecule has 1 unspecified atom stereocenters. The molecule has 1 heterocycles. The van der Waals surface area contributed by atoms with Gasteiger partial charge < -0.3 is 14.8 Å². The van der Waals surface area contributed by atoms with E-state index in [0.29, 0.717) is 16.5 Å². The first-order chi connectivity index (χ1) is 7.20. The van der Waals surface area contributed by atoms with E-state index in [0.717, 1.165) is 0 Å². The molecule has 1 aromatic carbocycles. The molecule has 1 N–H and O–H groups in total. The molecule has 0 aromatic heterocycles. The molecule has 1 aromatic rings. The molecule has 0 saturated carbocycles. The maximum absolute atomic E-state index is 11.3. The quantitative estimate of drug-likeness (QED) is 0.785. The molecule has 0 aliphatic carbocycles. The molecule has 0 bridgehead atoms. The molecule has 0 fully saturated rings. The standard InChI is InChI=1S/C10H10ClNO3/c1-12-10(13)9-5-14-8-4-6(11)2-3-7(8)15-9/h2-4,9H,5H2,1H3,(H,12,13). The minimum absolute atomic E-state index is 0.199. The largest absolute Gasteiger partial charge is 0.485 e. The molecule has 1 amide bonds. The highest BCUT2D eigenvalue weighted by atomic mass is 35.5. The van der Waals surface area contributed by atoms with Gasteiger partial charge in [0.2, 0.25) is 6.10 Å². The normalized spacial score (nSPS) is 18.4. The van der Waals surface area contributed by atoms with Crippen LogP contribution in [0.5, 0.6) is 11.5 Å². The third-order valence-corrected chi connectivity index (χ3v) is 2.34. The number of fused-ring (bicyclic) bond motifs is 1. The summed E-state index contributed by atoms with van der Waals surface area (Å²) in [6.45, 7) is 0.201. The molecule has 0 spiro atoms. The average molecular weight is 228 g/mol. The van der Waals surface area contributed by atoms with E-state index in [1.807, 2.05) is 0 Å². The van der Waals surface area contributed by atoms with E-state index in [1.165, 1.54) is 0 Å². The van der Waals surface area contributed by atoms with Crippen molar-refractivity contribution in [1.82, 2.24) is 5.32 Å². The number of carbonyl (C=O) groups excluding carboxylic acids is 1. The molecular formula is C10H10ClNO3. The fourth-order valence-corrected chi connectivity index (χ4v) is 1.50. The Morgan fingerprint density at radius 2 is 2.33 bits per heavy atom. The van der Waals surface area contributed by atoms with Crippen LogP contribution in [-0.2, 0) is 4.79 Å². The second-order valence-electron chi connectivity index (χ2n) is 3.12. The molecule has 0 saturated heterocycles. The maximum atomic E-state index is 11.3. The molecule has 1 atom stereocenters. The molecule has 15 heavy (non-hydrogen) atoms. The van der Waals surface area contributed by atoms with Crippen LogP contribution in [-0.4, -0.2) is 25.7 Å². The minimum Gasteiger partial charge on any atom is -0.485 e. The van der Waals surface area contributed by atoms with Crippen LogP contribution < -0.4 is 14.8 Å². The van der Waals surface area contributed by atoms with E-state index < -0.39 is 6.10 Å². The van der Waals surface area contributed by atoms with Gasteiger partial charge in [-0.1, -0.05) is 11.6 Å². The fraction of sp³-hybridized carbons (Fsp3) is 0.300. The SMILES string of the molecule is CNC(=O)C1COc2cc(Cl)ccc2O1. The summed E-state index contributed by atoms with van der Waals surface area (Å²) in [6.07, 6.45) is -0.594. The zero-order valence-corrected chi connectivity index (χ0v) is 8.88. The highest BCUT2D eigenvalue weighted by molar-refractivity contribution is 6.30. The van der Waals surface area contributed by atoms with Gasteiger partial charge in [0.05, 0.1) is 0 Å². The van der Waals surface area contributed by atoms with E-state index >= 15 is 0 Å². The summed E-state index contributed by atoms with van der Waals surface area (Å²) in [4.78, 5) is 11.3. The highest BCUT2D eigenvalue weighted by Gasteiger charge is 2.26. The number of carbonyl (C=O) groups is 1. The van der Waals surface area contributed by atoms with E-state index in [-0.39, 0.29) is 12.5 Å². The van der Waals surface area contributed by atoms with Gasteiger partial charge in [0.1, 0.15) is 6.61 Å². The summed E-state index contributed by atoms with van der Waals surface area (Å²) >= 11 is 5.79. The molecular weight excluding hydrogens is 218 g/mol. The number of ether oxygens (including phenoxy) is 2. The van der Waals surface area contributed by atoms with Crippen LogP contribution in [0.3, 0.4) is 0 Å². The highest BCUT2D eigenvalue weighted by Crippen LogP contribution is 2.33. The van der Waals surface area contributed by atoms with Crippen LogP contribution in [0.15, 0.2) is 18.2 Å². The van der Waals surface area contributed by atoms with Gasteiger partial charge in [-0.25, -0.2) is 0 Å². The van der Waals surface area contributed by atoms with Crippen molar-refractivity contribution >= 4 is 17.5 Å². The number of nitrogens with one attached hydrogen (secondary N) is 1. The van der Waals surface area contributed by atoms with Crippen LogP contribution in [0, 0.1) is 0 Å². The first kappa shape index (κ1) is 10.1. The Morgan fingerprint density at radius 1 is 1.53 bits per heavy atom. The smallest absolute Gasteiger partial charge is 0.264 e. The van der Waals surface area contributed by atoms with Crippen molar-refractivity contribution < 1.29 is 14.3 Å². The van der Waals surface area contributed by atoms with Gasteiger partial charge in [-0.05, 0) is 12.1 Å². The number of hydrogen-bond donors (Lipinski definition) is 1. The Balaban J connectivity index is 2.20. The number of benzene rings is 1. The Labute approximate surface area is 92.1 Å². The number of hydrogen-bond acceptors (Lipinski definition) is 3. The van der Waals surface area contributed by atoms with Crippen molar-refractivity contribution in [2.45, 2.75) is 6.10 Å². The fourth-order valence-electron chi connectivity index (χ4n) is 1.34. The lowest BCUT2D eigenvalue weighted by Gasteiger charge is -2.25. The summed E-state index contributed by atoms with van der Waals surface area (Å²) in [5.41, 5.74) is 0. The van der Waals surface area contributed by atoms with Gasteiger partial charge in [-0.3, -0.25) is 4.79 Å². The number of halogens is 1. The van der Waals surface area contributed by atoms with Crippen LogP contribution in [0.1, 0.15) is 0 Å².